The molecule has 0 atom stereocenters. The van der Waals surface area contributed by atoms with Gasteiger partial charge in [-0.15, -0.1) is 11.3 Å². The topological polar surface area (TPSA) is 66.9 Å². The number of anilines is 2. The lowest BCUT2D eigenvalue weighted by Gasteiger charge is -2.07. The van der Waals surface area contributed by atoms with Gasteiger partial charge in [-0.05, 0) is 32.9 Å². The highest BCUT2D eigenvalue weighted by Crippen LogP contribution is 2.23. The maximum Gasteiger partial charge on any atom is 0.277 e. The lowest BCUT2D eigenvalue weighted by atomic mass is 10.3. The molecule has 20 heavy (non-hydrogen) atoms. The summed E-state index contributed by atoms with van der Waals surface area (Å²) < 4.78 is 0. The maximum atomic E-state index is 12.2. The average molecular weight is 311 g/mol. The predicted octanol–water partition coefficient (Wildman–Crippen LogP) is 3.49. The molecule has 7 heteroatoms. The minimum absolute atomic E-state index is 0.190. The van der Waals surface area contributed by atoms with Gasteiger partial charge in [0.2, 0.25) is 0 Å². The van der Waals surface area contributed by atoms with E-state index in [9.17, 15) is 4.79 Å². The van der Waals surface area contributed by atoms with E-state index in [4.69, 9.17) is 11.6 Å². The van der Waals surface area contributed by atoms with Gasteiger partial charge in [0, 0.05) is 11.4 Å². The summed E-state index contributed by atoms with van der Waals surface area (Å²) in [6.45, 7) is 6.54. The molecule has 0 bridgehead atoms. The van der Waals surface area contributed by atoms with Gasteiger partial charge in [0.15, 0.2) is 5.13 Å². The quantitative estimate of drug-likeness (QED) is 0.907. The zero-order valence-electron chi connectivity index (χ0n) is 11.5. The molecule has 2 heterocycles. The number of carbonyl (C=O) groups excluding carboxylic acids is 1. The zero-order valence-corrected chi connectivity index (χ0v) is 13.0. The van der Waals surface area contributed by atoms with Crippen molar-refractivity contribution in [2.24, 2.45) is 0 Å². The van der Waals surface area contributed by atoms with Gasteiger partial charge < -0.3 is 5.32 Å². The Morgan fingerprint density at radius 1 is 1.35 bits per heavy atom. The molecule has 5 nitrogen and oxygen atoms in total. The van der Waals surface area contributed by atoms with Crippen molar-refractivity contribution in [3.63, 3.8) is 0 Å². The Labute approximate surface area is 126 Å². The summed E-state index contributed by atoms with van der Waals surface area (Å²) in [5.74, 6) is 0.261. The molecule has 0 radical (unpaired) electrons. The smallest absolute Gasteiger partial charge is 0.277 e. The van der Waals surface area contributed by atoms with Gasteiger partial charge in [0.05, 0.1) is 10.7 Å². The Balaban J connectivity index is 2.22. The lowest BCUT2D eigenvalue weighted by molar-refractivity contribution is 0.102. The molecule has 0 unspecified atom stereocenters. The highest BCUT2D eigenvalue weighted by Gasteiger charge is 2.15. The van der Waals surface area contributed by atoms with E-state index in [0.717, 1.165) is 17.1 Å². The van der Waals surface area contributed by atoms with Crippen LogP contribution in [0.5, 0.6) is 0 Å². The average Bonchev–Trinajstić information content (AvgIpc) is 2.70. The van der Waals surface area contributed by atoms with Gasteiger partial charge >= 0.3 is 0 Å². The van der Waals surface area contributed by atoms with Crippen molar-refractivity contribution in [2.45, 2.75) is 20.8 Å². The molecule has 0 aliphatic heterocycles. The molecule has 0 spiro atoms. The van der Waals surface area contributed by atoms with Gasteiger partial charge in [-0.25, -0.2) is 9.97 Å². The van der Waals surface area contributed by atoms with E-state index in [1.807, 2.05) is 20.8 Å². The van der Waals surface area contributed by atoms with E-state index < -0.39 is 0 Å². The second-order valence-corrected chi connectivity index (χ2v) is 5.78. The molecule has 2 aromatic rings. The fourth-order valence-corrected chi connectivity index (χ4v) is 2.56. The molecule has 0 aliphatic rings. The standard InChI is InChI=1S/C13H15ClN4OS/c1-4-15-10-6-5-9(14)11(17-10)12(19)18-13-16-7(2)8(3)20-13/h5-6H,4H2,1-3H3,(H,15,17)(H,16,18,19). The maximum absolute atomic E-state index is 12.2. The summed E-state index contributed by atoms with van der Waals surface area (Å²) in [6.07, 6.45) is 0. The minimum atomic E-state index is -0.358. The summed E-state index contributed by atoms with van der Waals surface area (Å²) >= 11 is 7.45. The van der Waals surface area contributed by atoms with Crippen LogP contribution in [0.4, 0.5) is 10.9 Å². The number of nitrogens with one attached hydrogen (secondary N) is 2. The van der Waals surface area contributed by atoms with Gasteiger partial charge in [-0.3, -0.25) is 10.1 Å². The van der Waals surface area contributed by atoms with Crippen LogP contribution < -0.4 is 10.6 Å². The van der Waals surface area contributed by atoms with Crippen LogP contribution in [-0.2, 0) is 0 Å². The molecule has 2 N–H and O–H groups in total. The molecule has 2 aromatic heterocycles. The van der Waals surface area contributed by atoms with Crippen LogP contribution in [0.3, 0.4) is 0 Å². The van der Waals surface area contributed by atoms with Crippen LogP contribution >= 0.6 is 22.9 Å². The molecule has 0 aliphatic carbocycles. The third-order valence-corrected chi connectivity index (χ3v) is 3.96. The molecule has 0 saturated heterocycles. The molecule has 1 amide bonds. The third-order valence-electron chi connectivity index (χ3n) is 2.67. The van der Waals surface area contributed by atoms with Crippen LogP contribution in [0.2, 0.25) is 5.02 Å². The fourth-order valence-electron chi connectivity index (χ4n) is 1.56. The molecular formula is C13H15ClN4OS. The molecule has 2 rings (SSSR count). The first kappa shape index (κ1) is 14.7. The van der Waals surface area contributed by atoms with Crippen molar-refractivity contribution < 1.29 is 4.79 Å². The molecule has 0 fully saturated rings. The van der Waals surface area contributed by atoms with Crippen molar-refractivity contribution >= 4 is 39.8 Å². The van der Waals surface area contributed by atoms with Gasteiger partial charge in [-0.1, -0.05) is 11.6 Å². The van der Waals surface area contributed by atoms with E-state index in [1.165, 1.54) is 11.3 Å². The number of halogens is 1. The second-order valence-electron chi connectivity index (χ2n) is 4.17. The first-order chi connectivity index (χ1) is 9.51. The number of nitrogens with zero attached hydrogens (tertiary/aromatic N) is 2. The summed E-state index contributed by atoms with van der Waals surface area (Å²) in [5, 5.41) is 6.63. The van der Waals surface area contributed by atoms with Crippen molar-refractivity contribution in [3.05, 3.63) is 33.4 Å². The Morgan fingerprint density at radius 3 is 2.70 bits per heavy atom. The first-order valence-corrected chi connectivity index (χ1v) is 7.36. The monoisotopic (exact) mass is 310 g/mol. The Morgan fingerprint density at radius 2 is 2.10 bits per heavy atom. The number of amides is 1. The van der Waals surface area contributed by atoms with Crippen molar-refractivity contribution in [3.8, 4) is 0 Å². The van der Waals surface area contributed by atoms with Crippen LogP contribution in [-0.4, -0.2) is 22.4 Å². The summed E-state index contributed by atoms with van der Waals surface area (Å²) in [7, 11) is 0. The second kappa shape index (κ2) is 6.19. The Bertz CT molecular complexity index is 622. The van der Waals surface area contributed by atoms with E-state index in [1.54, 1.807) is 12.1 Å². The number of hydrogen-bond donors (Lipinski definition) is 2. The Kier molecular flexibility index (Phi) is 4.57. The molecule has 106 valence electrons. The van der Waals surface area contributed by atoms with Crippen LogP contribution in [0.1, 0.15) is 28.0 Å². The van der Waals surface area contributed by atoms with E-state index in [2.05, 4.69) is 20.6 Å². The first-order valence-electron chi connectivity index (χ1n) is 6.17. The number of hydrogen-bond acceptors (Lipinski definition) is 5. The van der Waals surface area contributed by atoms with Crippen molar-refractivity contribution in [1.82, 2.24) is 9.97 Å². The number of aromatic nitrogens is 2. The van der Waals surface area contributed by atoms with Gasteiger partial charge in [0.1, 0.15) is 11.5 Å². The highest BCUT2D eigenvalue weighted by molar-refractivity contribution is 7.15. The number of thiazole rings is 1. The zero-order chi connectivity index (χ0) is 14.7. The van der Waals surface area contributed by atoms with Crippen LogP contribution in [0.25, 0.3) is 0 Å². The SMILES string of the molecule is CCNc1ccc(Cl)c(C(=O)Nc2nc(C)c(C)s2)n1. The van der Waals surface area contributed by atoms with Gasteiger partial charge in [-0.2, -0.15) is 0 Å². The predicted molar refractivity (Wildman–Crippen MR) is 83.0 cm³/mol. The third kappa shape index (κ3) is 3.26. The van der Waals surface area contributed by atoms with E-state index >= 15 is 0 Å². The lowest BCUT2D eigenvalue weighted by Crippen LogP contribution is -2.15. The van der Waals surface area contributed by atoms with E-state index in [-0.39, 0.29) is 11.6 Å². The molecule has 0 saturated carbocycles. The van der Waals surface area contributed by atoms with Gasteiger partial charge in [0.25, 0.3) is 5.91 Å². The summed E-state index contributed by atoms with van der Waals surface area (Å²) in [5.41, 5.74) is 1.10. The largest absolute Gasteiger partial charge is 0.370 e. The van der Waals surface area contributed by atoms with Crippen molar-refractivity contribution in [1.29, 1.82) is 0 Å². The number of carbonyl (C=O) groups is 1. The van der Waals surface area contributed by atoms with Crippen LogP contribution in [0.15, 0.2) is 12.1 Å². The number of aryl methyl sites for hydroxylation is 2. The minimum Gasteiger partial charge on any atom is -0.370 e. The van der Waals surface area contributed by atoms with Crippen molar-refractivity contribution in [2.75, 3.05) is 17.2 Å². The summed E-state index contributed by atoms with van der Waals surface area (Å²) in [6, 6.07) is 3.39. The summed E-state index contributed by atoms with van der Waals surface area (Å²) in [4.78, 5) is 21.7. The fraction of sp³-hybridized carbons (Fsp3) is 0.308. The Hall–Kier alpha value is -1.66. The number of rotatable bonds is 4. The van der Waals surface area contributed by atoms with E-state index in [0.29, 0.717) is 16.0 Å². The van der Waals surface area contributed by atoms with Crippen LogP contribution in [0, 0.1) is 13.8 Å². The normalized spacial score (nSPS) is 10.4. The molecule has 0 aromatic carbocycles. The molecular weight excluding hydrogens is 296 g/mol. The highest BCUT2D eigenvalue weighted by atomic mass is 35.5. The number of pyridine rings is 1.